The molecule has 4 rings (SSSR count). The van der Waals surface area contributed by atoms with E-state index in [9.17, 15) is 26.4 Å². The van der Waals surface area contributed by atoms with Crippen molar-refractivity contribution in [2.75, 3.05) is 17.3 Å². The highest BCUT2D eigenvalue weighted by Crippen LogP contribution is 2.50. The number of carbonyl (C=O) groups is 1. The first kappa shape index (κ1) is 26.4. The van der Waals surface area contributed by atoms with Crippen LogP contribution in [0.25, 0.3) is 0 Å². The molecular weight excluding hydrogens is 572 g/mol. The number of benzene rings is 2. The number of nitrogens with one attached hydrogen (secondary N) is 1. The lowest BCUT2D eigenvalue weighted by molar-refractivity contribution is -0.275. The lowest BCUT2D eigenvalue weighted by atomic mass is 9.86. The maximum absolute atomic E-state index is 14.2. The highest BCUT2D eigenvalue weighted by molar-refractivity contribution is 8.00. The number of thioether (sulfide) groups is 1. The molecule has 0 radical (unpaired) electrons. The first-order valence-electron chi connectivity index (χ1n) is 9.99. The van der Waals surface area contributed by atoms with Crippen LogP contribution in [-0.4, -0.2) is 49.5 Å². The minimum atomic E-state index is -4.82. The molecule has 0 aromatic heterocycles. The summed E-state index contributed by atoms with van der Waals surface area (Å²) < 4.78 is 64.8. The Morgan fingerprint density at radius 2 is 1.80 bits per heavy atom. The highest BCUT2D eigenvalue weighted by atomic mass is 35.5. The van der Waals surface area contributed by atoms with Gasteiger partial charge in [-0.25, -0.2) is 8.42 Å². The number of oxime groups is 1. The summed E-state index contributed by atoms with van der Waals surface area (Å²) in [7, 11) is -3.05. The molecule has 2 aliphatic heterocycles. The van der Waals surface area contributed by atoms with Gasteiger partial charge >= 0.3 is 6.18 Å². The van der Waals surface area contributed by atoms with Gasteiger partial charge in [-0.1, -0.05) is 46.0 Å². The summed E-state index contributed by atoms with van der Waals surface area (Å²) in [6.45, 7) is 0. The molecule has 0 aliphatic carbocycles. The van der Waals surface area contributed by atoms with Crippen LogP contribution in [0.4, 0.5) is 13.2 Å². The number of hydrogen-bond acceptors (Lipinski definition) is 6. The van der Waals surface area contributed by atoms with Crippen LogP contribution in [0.3, 0.4) is 0 Å². The van der Waals surface area contributed by atoms with Gasteiger partial charge in [0.15, 0.2) is 9.84 Å². The van der Waals surface area contributed by atoms with Crippen molar-refractivity contribution in [1.82, 2.24) is 5.32 Å². The van der Waals surface area contributed by atoms with Gasteiger partial charge in [0, 0.05) is 32.5 Å². The molecule has 6 nitrogen and oxygen atoms in total. The molecule has 1 unspecified atom stereocenters. The Hall–Kier alpha value is -1.66. The largest absolute Gasteiger partial charge is 0.435 e. The molecule has 2 aromatic rings. The minimum Gasteiger partial charge on any atom is -0.374 e. The van der Waals surface area contributed by atoms with Crippen molar-refractivity contribution in [1.29, 1.82) is 0 Å². The molecule has 0 saturated carbocycles. The van der Waals surface area contributed by atoms with E-state index in [0.717, 1.165) is 23.9 Å². The lowest BCUT2D eigenvalue weighted by Crippen LogP contribution is -2.53. The molecule has 1 saturated heterocycles. The number of sulfone groups is 1. The fourth-order valence-electron chi connectivity index (χ4n) is 3.70. The van der Waals surface area contributed by atoms with Gasteiger partial charge in [0.25, 0.3) is 5.60 Å². The summed E-state index contributed by atoms with van der Waals surface area (Å²) in [6, 6.07) is 7.74. The fraction of sp³-hybridized carbons (Fsp3) is 0.333. The molecule has 1 N–H and O–H groups in total. The average molecular weight is 588 g/mol. The van der Waals surface area contributed by atoms with Crippen molar-refractivity contribution in [2.24, 2.45) is 5.16 Å². The van der Waals surface area contributed by atoms with Crippen LogP contribution in [0, 0.1) is 0 Å². The van der Waals surface area contributed by atoms with Gasteiger partial charge in [0.2, 0.25) is 5.91 Å². The van der Waals surface area contributed by atoms with E-state index >= 15 is 0 Å². The molecular formula is C21H16Cl3F3N2O4S2. The second-order valence-corrected chi connectivity index (χ2v) is 12.5. The molecule has 0 spiro atoms. The number of amides is 1. The summed E-state index contributed by atoms with van der Waals surface area (Å²) in [6.07, 6.45) is -5.44. The SMILES string of the molecule is O=C(CSc1ccc(C2=NOC(c3cc(Cl)cc(Cl)c3)(C(F)(F)F)C2)cc1Cl)NC1CS(=O)(=O)C1. The lowest BCUT2D eigenvalue weighted by Gasteiger charge is -2.29. The predicted octanol–water partition coefficient (Wildman–Crippen LogP) is 5.23. The van der Waals surface area contributed by atoms with Crippen LogP contribution in [-0.2, 0) is 25.1 Å². The zero-order valence-electron chi connectivity index (χ0n) is 17.5. The Labute approximate surface area is 218 Å². The normalized spacial score (nSPS) is 21.7. The van der Waals surface area contributed by atoms with Crippen LogP contribution in [0.1, 0.15) is 17.5 Å². The number of alkyl halides is 3. The average Bonchev–Trinajstić information content (AvgIpc) is 3.18. The van der Waals surface area contributed by atoms with Gasteiger partial charge in [-0.05, 0) is 30.3 Å². The third-order valence-electron chi connectivity index (χ3n) is 5.41. The predicted molar refractivity (Wildman–Crippen MR) is 129 cm³/mol. The van der Waals surface area contributed by atoms with Crippen molar-refractivity contribution >= 4 is 68.0 Å². The number of halogens is 6. The van der Waals surface area contributed by atoms with Gasteiger partial charge in [-0.2, -0.15) is 13.2 Å². The van der Waals surface area contributed by atoms with Gasteiger partial charge in [0.05, 0.1) is 34.0 Å². The van der Waals surface area contributed by atoms with Crippen LogP contribution >= 0.6 is 46.6 Å². The first-order valence-corrected chi connectivity index (χ1v) is 13.9. The Morgan fingerprint density at radius 3 is 2.37 bits per heavy atom. The maximum atomic E-state index is 14.2. The van der Waals surface area contributed by atoms with Crippen LogP contribution < -0.4 is 5.32 Å². The zero-order chi connectivity index (χ0) is 25.6. The van der Waals surface area contributed by atoms with Crippen LogP contribution in [0.15, 0.2) is 46.4 Å². The smallest absolute Gasteiger partial charge is 0.374 e. The molecule has 2 heterocycles. The van der Waals surface area contributed by atoms with Crippen LogP contribution in [0.5, 0.6) is 0 Å². The summed E-state index contributed by atoms with van der Waals surface area (Å²) in [5, 5.41) is 6.59. The van der Waals surface area contributed by atoms with Crippen molar-refractivity contribution in [3.05, 3.63) is 62.6 Å². The van der Waals surface area contributed by atoms with Crippen molar-refractivity contribution < 1.29 is 31.2 Å². The zero-order valence-corrected chi connectivity index (χ0v) is 21.4. The van der Waals surface area contributed by atoms with Gasteiger partial charge in [-0.3, -0.25) is 4.79 Å². The summed E-state index contributed by atoms with van der Waals surface area (Å²) in [4.78, 5) is 17.5. The third-order valence-corrected chi connectivity index (χ3v) is 9.17. The van der Waals surface area contributed by atoms with E-state index < -0.39 is 34.1 Å². The van der Waals surface area contributed by atoms with Crippen LogP contribution in [0.2, 0.25) is 15.1 Å². The number of carbonyl (C=O) groups excluding carboxylic acids is 1. The second kappa shape index (κ2) is 9.66. The highest BCUT2D eigenvalue weighted by Gasteiger charge is 2.62. The van der Waals surface area contributed by atoms with Gasteiger partial charge < -0.3 is 10.2 Å². The standard InChI is InChI=1S/C21H16Cl3F3N2O4S2/c22-13-4-12(5-14(23)6-13)20(21(25,26)27)7-17(29-33-20)11-1-2-18(16(24)3-11)34-8-19(30)28-15-9-35(31,32)10-15/h1-6,15H,7-10H2,(H,28,30). The van der Waals surface area contributed by atoms with Crippen molar-refractivity contribution in [2.45, 2.75) is 29.1 Å². The van der Waals surface area contributed by atoms with E-state index in [0.29, 0.717) is 10.5 Å². The van der Waals surface area contributed by atoms with Crippen molar-refractivity contribution in [3.8, 4) is 0 Å². The molecule has 1 atom stereocenters. The Bertz CT molecular complexity index is 1290. The summed E-state index contributed by atoms with van der Waals surface area (Å²) in [5.41, 5.74) is -2.68. The van der Waals surface area contributed by atoms with E-state index in [4.69, 9.17) is 39.6 Å². The molecule has 14 heteroatoms. The Kier molecular flexibility index (Phi) is 7.29. The van der Waals surface area contributed by atoms with E-state index in [-0.39, 0.29) is 49.5 Å². The second-order valence-electron chi connectivity index (χ2n) is 8.06. The van der Waals surface area contributed by atoms with E-state index in [1.165, 1.54) is 18.2 Å². The number of rotatable bonds is 6. The van der Waals surface area contributed by atoms with Gasteiger partial charge in [-0.15, -0.1) is 11.8 Å². The molecule has 1 amide bonds. The molecule has 2 aliphatic rings. The van der Waals surface area contributed by atoms with Crippen molar-refractivity contribution in [3.63, 3.8) is 0 Å². The Morgan fingerprint density at radius 1 is 1.14 bits per heavy atom. The molecule has 35 heavy (non-hydrogen) atoms. The quantitative estimate of drug-likeness (QED) is 0.468. The maximum Gasteiger partial charge on any atom is 0.435 e. The minimum absolute atomic E-state index is 0.00756. The fourth-order valence-corrected chi connectivity index (χ4v) is 6.60. The topological polar surface area (TPSA) is 84.8 Å². The summed E-state index contributed by atoms with van der Waals surface area (Å²) in [5.74, 6) is -0.515. The van der Waals surface area contributed by atoms with E-state index in [1.807, 2.05) is 0 Å². The van der Waals surface area contributed by atoms with E-state index in [2.05, 4.69) is 10.5 Å². The van der Waals surface area contributed by atoms with Gasteiger partial charge in [0.1, 0.15) is 0 Å². The summed E-state index contributed by atoms with van der Waals surface area (Å²) >= 11 is 19.3. The molecule has 188 valence electrons. The number of nitrogens with zero attached hydrogens (tertiary/aromatic N) is 1. The molecule has 0 bridgehead atoms. The third kappa shape index (κ3) is 5.69. The number of hydrogen-bond donors (Lipinski definition) is 1. The van der Waals surface area contributed by atoms with E-state index in [1.54, 1.807) is 6.07 Å². The monoisotopic (exact) mass is 586 g/mol. The molecule has 1 fully saturated rings. The Balaban J connectivity index is 1.46. The first-order chi connectivity index (χ1) is 16.3. The molecule has 2 aromatic carbocycles.